The number of carbonyl (C=O) groups excluding carboxylic acids is 1. The highest BCUT2D eigenvalue weighted by Crippen LogP contribution is 2.32. The van der Waals surface area contributed by atoms with E-state index in [0.29, 0.717) is 11.3 Å². The van der Waals surface area contributed by atoms with E-state index in [1.54, 1.807) is 18.2 Å². The molecule has 4 rings (SSSR count). The number of ketones is 1. The number of carbonyl (C=O) groups is 1. The van der Waals surface area contributed by atoms with E-state index in [2.05, 4.69) is 9.72 Å². The number of alkyl halides is 3. The zero-order valence-electron chi connectivity index (χ0n) is 14.0. The van der Waals surface area contributed by atoms with Crippen molar-refractivity contribution >= 4 is 28.4 Å². The lowest BCUT2D eigenvalue weighted by atomic mass is 10.1. The minimum absolute atomic E-state index is 0.0148. The van der Waals surface area contributed by atoms with Crippen LogP contribution in [0.25, 0.3) is 16.6 Å². The molecule has 6 nitrogen and oxygen atoms in total. The summed E-state index contributed by atoms with van der Waals surface area (Å²) in [6.07, 6.45) is -4.89. The molecule has 28 heavy (non-hydrogen) atoms. The van der Waals surface area contributed by atoms with Gasteiger partial charge in [0.25, 0.3) is 5.56 Å². The van der Waals surface area contributed by atoms with Crippen molar-refractivity contribution in [2.45, 2.75) is 11.3 Å². The fourth-order valence-electron chi connectivity index (χ4n) is 3.00. The normalized spacial score (nSPS) is 12.9. The number of rotatable bonds is 4. The standard InChI is InChI=1S/C18H11F3N2O4S/c19-18(20,21)27-9-1-4-14-12(7-9)15(25)16-22-13-8-10(28-6-5-24)2-3-11(13)17(26)23(14)16/h1-4,7-8,24H,5-6H2. The Kier molecular flexibility index (Phi) is 4.39. The van der Waals surface area contributed by atoms with Crippen molar-refractivity contribution in [3.63, 3.8) is 0 Å². The predicted molar refractivity (Wildman–Crippen MR) is 95.3 cm³/mol. The van der Waals surface area contributed by atoms with Gasteiger partial charge in [0.15, 0.2) is 5.82 Å². The van der Waals surface area contributed by atoms with Gasteiger partial charge in [-0.15, -0.1) is 24.9 Å². The topological polar surface area (TPSA) is 81.4 Å². The largest absolute Gasteiger partial charge is 0.573 e. The average Bonchev–Trinajstić information content (AvgIpc) is 2.91. The quantitative estimate of drug-likeness (QED) is 0.523. The predicted octanol–water partition coefficient (Wildman–Crippen LogP) is 2.91. The van der Waals surface area contributed by atoms with Crippen molar-refractivity contribution in [2.75, 3.05) is 12.4 Å². The highest BCUT2D eigenvalue weighted by atomic mass is 32.2. The number of nitrogens with zero attached hydrogens (tertiary/aromatic N) is 2. The van der Waals surface area contributed by atoms with Crippen LogP contribution in [0.1, 0.15) is 16.2 Å². The number of hydrogen-bond donors (Lipinski definition) is 1. The van der Waals surface area contributed by atoms with E-state index in [1.807, 2.05) is 0 Å². The Morgan fingerprint density at radius 1 is 1.14 bits per heavy atom. The first-order chi connectivity index (χ1) is 13.3. The maximum Gasteiger partial charge on any atom is 0.573 e. The third-order valence-electron chi connectivity index (χ3n) is 4.09. The molecule has 0 bridgehead atoms. The molecule has 0 fully saturated rings. The van der Waals surface area contributed by atoms with Crippen molar-refractivity contribution < 1.29 is 27.8 Å². The van der Waals surface area contributed by atoms with E-state index < -0.39 is 23.5 Å². The van der Waals surface area contributed by atoms with E-state index in [9.17, 15) is 22.8 Å². The first-order valence-corrected chi connectivity index (χ1v) is 9.02. The van der Waals surface area contributed by atoms with Crippen LogP contribution in [0.2, 0.25) is 0 Å². The lowest BCUT2D eigenvalue weighted by Crippen LogP contribution is -2.21. The summed E-state index contributed by atoms with van der Waals surface area (Å²) in [5.74, 6) is -0.911. The smallest absolute Gasteiger partial charge is 0.406 e. The van der Waals surface area contributed by atoms with Gasteiger partial charge in [-0.1, -0.05) is 0 Å². The van der Waals surface area contributed by atoms with Gasteiger partial charge < -0.3 is 9.84 Å². The molecule has 1 aliphatic heterocycles. The van der Waals surface area contributed by atoms with Crippen LogP contribution in [-0.2, 0) is 0 Å². The highest BCUT2D eigenvalue weighted by molar-refractivity contribution is 7.99. The van der Waals surface area contributed by atoms with Crippen molar-refractivity contribution in [2.24, 2.45) is 0 Å². The van der Waals surface area contributed by atoms with E-state index in [0.717, 1.165) is 21.6 Å². The summed E-state index contributed by atoms with van der Waals surface area (Å²) in [6.45, 7) is -0.0148. The molecule has 0 radical (unpaired) electrons. The van der Waals surface area contributed by atoms with E-state index in [1.165, 1.54) is 17.8 Å². The molecule has 1 aromatic heterocycles. The van der Waals surface area contributed by atoms with E-state index in [4.69, 9.17) is 5.11 Å². The molecular formula is C18H11F3N2O4S. The second-order valence-electron chi connectivity index (χ2n) is 5.88. The molecule has 1 N–H and O–H groups in total. The molecule has 144 valence electrons. The molecule has 0 unspecified atom stereocenters. The molecule has 0 amide bonds. The van der Waals surface area contributed by atoms with Gasteiger partial charge in [-0.3, -0.25) is 14.2 Å². The lowest BCUT2D eigenvalue weighted by Gasteiger charge is -2.10. The van der Waals surface area contributed by atoms with Crippen molar-refractivity contribution in [3.05, 3.63) is 58.1 Å². The summed E-state index contributed by atoms with van der Waals surface area (Å²) in [4.78, 5) is 30.6. The number of ether oxygens (including phenoxy) is 1. The van der Waals surface area contributed by atoms with Crippen LogP contribution in [0, 0.1) is 0 Å². The van der Waals surface area contributed by atoms with Crippen molar-refractivity contribution in [1.82, 2.24) is 9.55 Å². The van der Waals surface area contributed by atoms with Crippen molar-refractivity contribution in [3.8, 4) is 11.4 Å². The van der Waals surface area contributed by atoms with Gasteiger partial charge in [0.05, 0.1) is 28.8 Å². The maximum absolute atomic E-state index is 12.9. The number of aliphatic hydroxyl groups is 1. The molecule has 0 saturated carbocycles. The summed E-state index contributed by atoms with van der Waals surface area (Å²) in [7, 11) is 0. The minimum atomic E-state index is -4.89. The van der Waals surface area contributed by atoms with E-state index in [-0.39, 0.29) is 29.1 Å². The maximum atomic E-state index is 12.9. The Morgan fingerprint density at radius 2 is 1.93 bits per heavy atom. The summed E-state index contributed by atoms with van der Waals surface area (Å²) >= 11 is 1.36. The number of fused-ring (bicyclic) bond motifs is 4. The minimum Gasteiger partial charge on any atom is -0.406 e. The van der Waals surface area contributed by atoms with Crippen LogP contribution < -0.4 is 10.3 Å². The molecule has 0 spiro atoms. The zero-order valence-corrected chi connectivity index (χ0v) is 14.8. The Hall–Kier alpha value is -2.85. The molecule has 10 heteroatoms. The zero-order chi connectivity index (χ0) is 20.1. The fourth-order valence-corrected chi connectivity index (χ4v) is 3.69. The molecule has 1 aliphatic rings. The summed E-state index contributed by atoms with van der Waals surface area (Å²) < 4.78 is 42.3. The third kappa shape index (κ3) is 3.14. The monoisotopic (exact) mass is 408 g/mol. The number of aliphatic hydroxyl groups excluding tert-OH is 1. The first-order valence-electron chi connectivity index (χ1n) is 8.04. The number of hydrogen-bond acceptors (Lipinski definition) is 6. The van der Waals surface area contributed by atoms with Crippen molar-refractivity contribution in [1.29, 1.82) is 0 Å². The summed E-state index contributed by atoms with van der Waals surface area (Å²) in [5, 5.41) is 9.20. The SMILES string of the molecule is O=C1c2cc(OC(F)(F)F)ccc2-n2c1nc1cc(SCCO)ccc1c2=O. The lowest BCUT2D eigenvalue weighted by molar-refractivity contribution is -0.274. The van der Waals surface area contributed by atoms with Crippen LogP contribution >= 0.6 is 11.8 Å². The number of halogens is 3. The third-order valence-corrected chi connectivity index (χ3v) is 5.07. The Balaban J connectivity index is 1.84. The van der Waals surface area contributed by atoms with Gasteiger partial charge in [-0.05, 0) is 36.4 Å². The summed E-state index contributed by atoms with van der Waals surface area (Å²) in [6, 6.07) is 8.13. The van der Waals surface area contributed by atoms with Crippen LogP contribution in [-0.4, -0.2) is 39.2 Å². The van der Waals surface area contributed by atoms with Gasteiger partial charge >= 0.3 is 6.36 Å². The molecule has 2 aromatic carbocycles. The molecule has 3 aromatic rings. The summed E-state index contributed by atoms with van der Waals surface area (Å²) in [5.41, 5.74) is -0.119. The molecule has 0 atom stereocenters. The Labute approximate surface area is 159 Å². The molecule has 2 heterocycles. The second kappa shape index (κ2) is 6.64. The van der Waals surface area contributed by atoms with Gasteiger partial charge in [0.1, 0.15) is 5.75 Å². The Bertz CT molecular complexity index is 1170. The number of benzene rings is 2. The molecule has 0 saturated heterocycles. The fraction of sp³-hybridized carbons (Fsp3) is 0.167. The van der Waals surface area contributed by atoms with Crippen LogP contribution in [0.5, 0.6) is 5.75 Å². The van der Waals surface area contributed by atoms with E-state index >= 15 is 0 Å². The van der Waals surface area contributed by atoms with Gasteiger partial charge in [0, 0.05) is 10.6 Å². The molecule has 0 aliphatic carbocycles. The van der Waals surface area contributed by atoms with Gasteiger partial charge in [-0.25, -0.2) is 4.98 Å². The number of thioether (sulfide) groups is 1. The average molecular weight is 408 g/mol. The molecular weight excluding hydrogens is 397 g/mol. The van der Waals surface area contributed by atoms with Gasteiger partial charge in [0.2, 0.25) is 5.78 Å². The second-order valence-corrected chi connectivity index (χ2v) is 7.05. The highest BCUT2D eigenvalue weighted by Gasteiger charge is 2.34. The first kappa shape index (κ1) is 18.5. The van der Waals surface area contributed by atoms with Gasteiger partial charge in [-0.2, -0.15) is 0 Å². The number of aromatic nitrogens is 2. The van der Waals surface area contributed by atoms with Crippen LogP contribution in [0.15, 0.2) is 46.1 Å². The Morgan fingerprint density at radius 3 is 2.64 bits per heavy atom. The van der Waals surface area contributed by atoms with Crippen LogP contribution in [0.4, 0.5) is 13.2 Å². The van der Waals surface area contributed by atoms with Crippen LogP contribution in [0.3, 0.4) is 0 Å².